The lowest BCUT2D eigenvalue weighted by Gasteiger charge is -2.17. The summed E-state index contributed by atoms with van der Waals surface area (Å²) in [6, 6.07) is 17.5. The van der Waals surface area contributed by atoms with Crippen molar-refractivity contribution in [3.8, 4) is 62.5 Å². The Morgan fingerprint density at radius 3 is 1.13 bits per heavy atom. The topological polar surface area (TPSA) is 415 Å². The van der Waals surface area contributed by atoms with Gasteiger partial charge in [-0.15, -0.1) is 0 Å². The number of aryl methyl sites for hydroxylation is 3. The van der Waals surface area contributed by atoms with Gasteiger partial charge in [-0.25, -0.2) is 15.0 Å². The minimum Gasteiger partial charge on any atom is -0.494 e. The van der Waals surface area contributed by atoms with Gasteiger partial charge in [0.05, 0.1) is 96.2 Å². The Morgan fingerprint density at radius 2 is 0.835 bits per heavy atom. The number of nitro groups is 2. The highest BCUT2D eigenvalue weighted by Crippen LogP contribution is 2.42. The smallest absolute Gasteiger partial charge is 0.313 e. The van der Waals surface area contributed by atoms with Gasteiger partial charge in [0.15, 0.2) is 0 Å². The van der Waals surface area contributed by atoms with Crippen LogP contribution in [-0.2, 0) is 60.3 Å². The number of aromatic nitrogens is 15. The van der Waals surface area contributed by atoms with Crippen molar-refractivity contribution in [3.63, 3.8) is 0 Å². The molecule has 3 aromatic carbocycles. The maximum atomic E-state index is 14.1. The molecule has 0 aliphatic rings. The van der Waals surface area contributed by atoms with E-state index in [0.29, 0.717) is 109 Å². The normalized spacial score (nSPS) is 11.5. The summed E-state index contributed by atoms with van der Waals surface area (Å²) in [6.45, 7) is 30.2. The standard InChI is InChI=1S/C27H38N8O5Si.C27H40N8O3Si.C23H28FN7O4Si.C4H11NO.C3H3ClO/c1-32(2)10-11-40-24-15-23(38-4)21(14-22(24)35(36)37)29-27-30-25(19-16-28-33(3)17-19)20-8-9-34(26(20)31-27)18-39-12-13-41(5,6)7;1-33(2)10-11-38-23-15-24(36-4)22(14-21(23)28)30-27-31-25(19-16-29-34(3)17-19)20-8-9-35(26(20)32-27)18-37-12-13-39(5,6)7;1-29-13-15(12-25-29)21-16-6-7-30(14-35-8-9-36(3,4)5)22(16)28-23(27-21)26-18-11-19(31(32)33)17(24)10-20(18)34-2;1-5(2)3-4-6;1-2-3(4)5/h8-9,14-17H,10-13,18H2,1-7H3,(H,29,30,31);8-9,14-17H,10-13,18,28H2,1-7H3,(H,30,31,32);6-7,10-13H,8-9,14H2,1-5H3,(H,26,27,28);6H,3-4H2,1-2H3;2H,1H2. The van der Waals surface area contributed by atoms with Gasteiger partial charge >= 0.3 is 11.4 Å². The Hall–Kier alpha value is -11.8. The molecule has 9 heterocycles. The van der Waals surface area contributed by atoms with Gasteiger partial charge in [-0.1, -0.05) is 65.5 Å². The number of nitrogen functional groups attached to an aromatic ring is 1. The van der Waals surface area contributed by atoms with Crippen molar-refractivity contribution < 1.29 is 62.0 Å². The molecule has 0 atom stereocenters. The van der Waals surface area contributed by atoms with Gasteiger partial charge in [-0.3, -0.25) is 39.1 Å². The van der Waals surface area contributed by atoms with Crippen LogP contribution in [0.25, 0.3) is 66.9 Å². The van der Waals surface area contributed by atoms with Crippen LogP contribution in [0.2, 0.25) is 77.1 Å². The average molecular weight is 1830 g/mol. The molecule has 0 bridgehead atoms. The molecule has 9 aromatic heterocycles. The molecule has 6 N–H and O–H groups in total. The van der Waals surface area contributed by atoms with Crippen molar-refractivity contribution in [1.29, 1.82) is 0 Å². The van der Waals surface area contributed by atoms with Gasteiger partial charge in [-0.2, -0.15) is 34.6 Å². The first-order chi connectivity index (χ1) is 60.1. The fourth-order valence-electron chi connectivity index (χ4n) is 11.8. The molecule has 0 radical (unpaired) electrons. The number of fused-ring (bicyclic) bond motifs is 3. The van der Waals surface area contributed by atoms with Gasteiger partial charge < -0.3 is 93.1 Å². The Morgan fingerprint density at radius 1 is 0.512 bits per heavy atom. The molecule has 0 aliphatic carbocycles. The zero-order valence-electron chi connectivity index (χ0n) is 76.3. The third kappa shape index (κ3) is 30.4. The molecule has 12 aromatic rings. The quantitative estimate of drug-likeness (QED) is 0.00453. The van der Waals surface area contributed by atoms with Crippen molar-refractivity contribution >= 4 is 126 Å². The third-order valence-electron chi connectivity index (χ3n) is 18.8. The fraction of sp³-hybridized carbons (Fsp3) is 0.429. The first-order valence-corrected chi connectivity index (χ1v) is 52.2. The van der Waals surface area contributed by atoms with Gasteiger partial charge in [0.2, 0.25) is 34.7 Å². The molecule has 0 amide bonds. The average Bonchev–Trinajstić information content (AvgIpc) is 1.66. The van der Waals surface area contributed by atoms with Crippen molar-refractivity contribution in [3.05, 3.63) is 149 Å². The van der Waals surface area contributed by atoms with Crippen LogP contribution in [-0.4, -0.2) is 255 Å². The van der Waals surface area contributed by atoms with Crippen molar-refractivity contribution in [2.45, 2.75) is 97.2 Å². The lowest BCUT2D eigenvalue weighted by Crippen LogP contribution is -2.22. The molecule has 0 saturated carbocycles. The largest absolute Gasteiger partial charge is 0.494 e. The number of hydrogen-bond donors (Lipinski definition) is 5. The fourth-order valence-corrected chi connectivity index (χ4v) is 14.1. The van der Waals surface area contributed by atoms with E-state index < -0.39 is 50.8 Å². The summed E-state index contributed by atoms with van der Waals surface area (Å²) < 4.78 is 71.0. The number of nitrogens with two attached hydrogens (primary N) is 1. The van der Waals surface area contributed by atoms with E-state index in [9.17, 15) is 29.4 Å². The van der Waals surface area contributed by atoms with Gasteiger partial charge in [-0.05, 0) is 102 Å². The lowest BCUT2D eigenvalue weighted by atomic mass is 10.2. The molecule has 127 heavy (non-hydrogen) atoms. The second kappa shape index (κ2) is 46.6. The number of hydrogen-bond acceptors (Lipinski definition) is 30. The number of aliphatic hydroxyl groups is 1. The van der Waals surface area contributed by atoms with E-state index in [1.54, 1.807) is 58.9 Å². The van der Waals surface area contributed by atoms with Crippen molar-refractivity contribution in [2.24, 2.45) is 21.1 Å². The zero-order chi connectivity index (χ0) is 93.2. The van der Waals surface area contributed by atoms with E-state index in [0.717, 1.165) is 100 Å². The van der Waals surface area contributed by atoms with Gasteiger partial charge in [0, 0.05) is 185 Å². The second-order valence-electron chi connectivity index (χ2n) is 33.9. The highest BCUT2D eigenvalue weighted by Gasteiger charge is 2.27. The number of anilines is 7. The number of rotatable bonds is 40. The van der Waals surface area contributed by atoms with E-state index in [2.05, 4.69) is 107 Å². The molecule has 38 nitrogen and oxygen atoms in total. The molecule has 0 unspecified atom stereocenters. The Balaban J connectivity index is 0.000000222. The molecule has 43 heteroatoms. The maximum absolute atomic E-state index is 14.1. The molecule has 0 aliphatic heterocycles. The number of nitrogens with zero attached hydrogens (tertiary/aromatic N) is 20. The van der Waals surface area contributed by atoms with E-state index in [-0.39, 0.29) is 48.0 Å². The number of halogens is 2. The summed E-state index contributed by atoms with van der Waals surface area (Å²) in [7, 11) is 18.0. The summed E-state index contributed by atoms with van der Waals surface area (Å²) in [5.41, 5.74) is 13.6. The number of nitrogens with one attached hydrogen (secondary N) is 3. The van der Waals surface area contributed by atoms with Crippen LogP contribution < -0.4 is 45.4 Å². The van der Waals surface area contributed by atoms with E-state index in [1.165, 1.54) is 26.4 Å². The monoisotopic (exact) mass is 1830 g/mol. The molecule has 12 rings (SSSR count). The summed E-state index contributed by atoms with van der Waals surface area (Å²) in [6.07, 6.45) is 17.7. The van der Waals surface area contributed by atoms with Gasteiger partial charge in [0.1, 0.15) is 73.3 Å². The van der Waals surface area contributed by atoms with Crippen LogP contribution in [0.5, 0.6) is 28.7 Å². The SMILES string of the molecule is C=CC(=O)Cl.CN(C)CCO.COc1cc(F)c([N+](=O)[O-])cc1Nc1nc(-c2cnn(C)c2)c2ccn(COCC[Si](C)(C)C)c2n1.COc1cc(OCCN(C)C)c(N)cc1Nc1nc(-c2cnn(C)c2)c2ccn(COCC[Si](C)(C)C)c2n1.COc1cc(OCCN(C)C)c([N+](=O)[O-])cc1Nc1nc(-c2cnn(C)c2)c2ccn(COCC[Si](C)(C)C)c2n1. The van der Waals surface area contributed by atoms with E-state index in [4.69, 9.17) is 80.3 Å². The number of benzene rings is 3. The Labute approximate surface area is 746 Å². The molecular formula is C84H120ClFN24O14Si3. The minimum absolute atomic E-state index is 0.0785. The van der Waals surface area contributed by atoms with Gasteiger partial charge in [0.25, 0.3) is 0 Å². The number of carbonyl (C=O) groups excluding carboxylic acids is 1. The van der Waals surface area contributed by atoms with Crippen LogP contribution in [0.3, 0.4) is 0 Å². The van der Waals surface area contributed by atoms with Crippen molar-refractivity contribution in [1.82, 2.24) is 87.6 Å². The molecule has 686 valence electrons. The lowest BCUT2D eigenvalue weighted by molar-refractivity contribution is -0.387. The van der Waals surface area contributed by atoms with Crippen LogP contribution in [0, 0.1) is 26.0 Å². The van der Waals surface area contributed by atoms with E-state index in [1.807, 2.05) is 140 Å². The molecular weight excluding hydrogens is 1710 g/mol. The number of carbonyl (C=O) groups is 1. The minimum atomic E-state index is -1.23. The summed E-state index contributed by atoms with van der Waals surface area (Å²) in [4.78, 5) is 65.9. The number of nitro benzene ring substituents is 2. The van der Waals surface area contributed by atoms with Crippen LogP contribution in [0.1, 0.15) is 0 Å². The first-order valence-electron chi connectivity index (χ1n) is 40.7. The first kappa shape index (κ1) is 101. The van der Waals surface area contributed by atoms with Crippen molar-refractivity contribution in [2.75, 3.05) is 145 Å². The Bertz CT molecular complexity index is 5660. The molecule has 0 fully saturated rings. The highest BCUT2D eigenvalue weighted by atomic mass is 35.5. The highest BCUT2D eigenvalue weighted by molar-refractivity contribution is 6.76. The molecule has 0 spiro atoms. The number of allylic oxidation sites excluding steroid dienone is 1. The number of methoxy groups -OCH3 is 3. The van der Waals surface area contributed by atoms with Crippen LogP contribution in [0.4, 0.5) is 56.4 Å². The van der Waals surface area contributed by atoms with Crippen LogP contribution >= 0.6 is 11.6 Å². The summed E-state index contributed by atoms with van der Waals surface area (Å²) >= 11 is 4.71. The number of ether oxygens (including phenoxy) is 8. The van der Waals surface area contributed by atoms with E-state index >= 15 is 0 Å². The maximum Gasteiger partial charge on any atom is 0.313 e. The summed E-state index contributed by atoms with van der Waals surface area (Å²) in [5.74, 6) is 1.49. The Kier molecular flexibility index (Phi) is 36.9. The number of aliphatic hydroxyl groups excluding tert-OH is 1. The number of likely N-dealkylation sites (N-methyl/N-ethyl adjacent to an activating group) is 3. The summed E-state index contributed by atoms with van der Waals surface area (Å²) in [5, 5.41) is 55.7. The third-order valence-corrected chi connectivity index (χ3v) is 24.1. The predicted octanol–water partition coefficient (Wildman–Crippen LogP) is 14.6. The zero-order valence-corrected chi connectivity index (χ0v) is 80.1. The second-order valence-corrected chi connectivity index (χ2v) is 51.1. The van der Waals surface area contributed by atoms with Crippen LogP contribution in [0.15, 0.2) is 123 Å². The molecule has 0 saturated heterocycles. The predicted molar refractivity (Wildman–Crippen MR) is 503 cm³/mol.